The Morgan fingerprint density at radius 3 is 2.35 bits per heavy atom. The van der Waals surface area contributed by atoms with E-state index in [9.17, 15) is 4.79 Å². The summed E-state index contributed by atoms with van der Waals surface area (Å²) in [7, 11) is 2.13. The van der Waals surface area contributed by atoms with Crippen LogP contribution in [0, 0.1) is 0 Å². The number of ether oxygens (including phenoxy) is 1. The monoisotopic (exact) mass is 459 g/mol. The Morgan fingerprint density at radius 2 is 1.71 bits per heavy atom. The first-order valence-electron chi connectivity index (χ1n) is 11.7. The predicted octanol–water partition coefficient (Wildman–Crippen LogP) is 4.21. The van der Waals surface area contributed by atoms with E-state index in [0.29, 0.717) is 11.4 Å². The van der Waals surface area contributed by atoms with Crippen molar-refractivity contribution in [3.63, 3.8) is 0 Å². The summed E-state index contributed by atoms with van der Waals surface area (Å²) < 4.78 is 5.66. The molecule has 1 saturated heterocycles. The summed E-state index contributed by atoms with van der Waals surface area (Å²) in [5.74, 6) is 1.36. The van der Waals surface area contributed by atoms with Gasteiger partial charge in [-0.05, 0) is 54.4 Å². The number of carbonyl (C=O) groups is 1. The molecule has 1 N–H and O–H groups in total. The van der Waals surface area contributed by atoms with Gasteiger partial charge in [0.2, 0.25) is 0 Å². The van der Waals surface area contributed by atoms with Gasteiger partial charge in [-0.3, -0.25) is 4.79 Å². The minimum atomic E-state index is -0.214. The Bertz CT molecular complexity index is 1100. The van der Waals surface area contributed by atoms with Gasteiger partial charge >= 0.3 is 0 Å². The van der Waals surface area contributed by atoms with Crippen molar-refractivity contribution in [3.8, 4) is 17.0 Å². The van der Waals surface area contributed by atoms with E-state index in [0.717, 1.165) is 43.3 Å². The van der Waals surface area contributed by atoms with Gasteiger partial charge < -0.3 is 19.9 Å². The Kier molecular flexibility index (Phi) is 7.12. The zero-order valence-corrected chi connectivity index (χ0v) is 20.4. The summed E-state index contributed by atoms with van der Waals surface area (Å²) in [5.41, 5.74) is 3.66. The molecule has 0 bridgehead atoms. The summed E-state index contributed by atoms with van der Waals surface area (Å²) in [6.45, 7) is 10.4. The third-order valence-electron chi connectivity index (χ3n) is 6.01. The average molecular weight is 460 g/mol. The predicted molar refractivity (Wildman–Crippen MR) is 136 cm³/mol. The highest BCUT2D eigenvalue weighted by molar-refractivity contribution is 5.92. The van der Waals surface area contributed by atoms with Crippen molar-refractivity contribution < 1.29 is 9.53 Å². The van der Waals surface area contributed by atoms with Crippen LogP contribution in [0.5, 0.6) is 5.75 Å². The first-order valence-corrected chi connectivity index (χ1v) is 11.7. The number of anilines is 2. The van der Waals surface area contributed by atoms with Gasteiger partial charge in [0.05, 0.1) is 5.69 Å². The van der Waals surface area contributed by atoms with Crippen molar-refractivity contribution in [2.24, 2.45) is 0 Å². The maximum Gasteiger partial charge on any atom is 0.262 e. The van der Waals surface area contributed by atoms with E-state index >= 15 is 0 Å². The molecule has 1 aliphatic rings. The van der Waals surface area contributed by atoms with Crippen LogP contribution in [0.25, 0.3) is 11.3 Å². The Labute approximate surface area is 201 Å². The van der Waals surface area contributed by atoms with E-state index in [4.69, 9.17) is 4.74 Å². The van der Waals surface area contributed by atoms with Gasteiger partial charge in [0.15, 0.2) is 12.4 Å². The molecular weight excluding hydrogens is 426 g/mol. The van der Waals surface area contributed by atoms with Crippen LogP contribution in [0.2, 0.25) is 0 Å². The highest BCUT2D eigenvalue weighted by atomic mass is 16.5. The van der Waals surface area contributed by atoms with Crippen LogP contribution in [-0.4, -0.2) is 60.8 Å². The molecule has 34 heavy (non-hydrogen) atoms. The SMILES string of the molecule is CN1CCN(c2ccc(-c3cccc(NC(=O)COc4ccc(C(C)(C)C)cc4)c3)nn2)CC1. The maximum absolute atomic E-state index is 12.4. The highest BCUT2D eigenvalue weighted by Crippen LogP contribution is 2.25. The van der Waals surface area contributed by atoms with Crippen LogP contribution in [0.4, 0.5) is 11.5 Å². The van der Waals surface area contributed by atoms with Crippen LogP contribution in [0.1, 0.15) is 26.3 Å². The lowest BCUT2D eigenvalue weighted by molar-refractivity contribution is -0.118. The van der Waals surface area contributed by atoms with Crippen LogP contribution in [-0.2, 0) is 10.2 Å². The number of nitrogens with zero attached hydrogens (tertiary/aromatic N) is 4. The molecule has 7 heteroatoms. The van der Waals surface area contributed by atoms with Gasteiger partial charge in [-0.25, -0.2) is 0 Å². The zero-order chi connectivity index (χ0) is 24.1. The van der Waals surface area contributed by atoms with Gasteiger partial charge in [-0.1, -0.05) is 45.0 Å². The molecule has 0 unspecified atom stereocenters. The number of likely N-dealkylation sites (N-methyl/N-ethyl adjacent to an activating group) is 1. The van der Waals surface area contributed by atoms with Crippen LogP contribution in [0.3, 0.4) is 0 Å². The highest BCUT2D eigenvalue weighted by Gasteiger charge is 2.16. The minimum absolute atomic E-state index is 0.0569. The molecule has 3 aromatic rings. The molecule has 2 heterocycles. The number of nitrogens with one attached hydrogen (secondary N) is 1. The first-order chi connectivity index (χ1) is 16.3. The maximum atomic E-state index is 12.4. The number of piperazine rings is 1. The van der Waals surface area contributed by atoms with Crippen molar-refractivity contribution in [2.45, 2.75) is 26.2 Å². The lowest BCUT2D eigenvalue weighted by Gasteiger charge is -2.32. The number of aromatic nitrogens is 2. The van der Waals surface area contributed by atoms with Crippen LogP contribution in [0.15, 0.2) is 60.7 Å². The number of hydrogen-bond donors (Lipinski definition) is 1. The minimum Gasteiger partial charge on any atom is -0.484 e. The molecular formula is C27H33N5O2. The third kappa shape index (κ3) is 6.11. The molecule has 2 aromatic carbocycles. The normalized spacial score (nSPS) is 14.6. The van der Waals surface area contributed by atoms with Gasteiger partial charge in [-0.15, -0.1) is 10.2 Å². The van der Waals surface area contributed by atoms with Gasteiger partial charge in [0, 0.05) is 37.4 Å². The topological polar surface area (TPSA) is 70.6 Å². The van der Waals surface area contributed by atoms with Crippen LogP contribution >= 0.6 is 0 Å². The molecule has 0 saturated carbocycles. The molecule has 4 rings (SSSR count). The van der Waals surface area contributed by atoms with E-state index in [-0.39, 0.29) is 17.9 Å². The molecule has 0 spiro atoms. The van der Waals surface area contributed by atoms with Crippen molar-refractivity contribution in [3.05, 3.63) is 66.2 Å². The van der Waals surface area contributed by atoms with Crippen molar-refractivity contribution in [1.29, 1.82) is 0 Å². The van der Waals surface area contributed by atoms with E-state index in [1.165, 1.54) is 5.56 Å². The molecule has 1 amide bonds. The number of carbonyl (C=O) groups excluding carboxylic acids is 1. The Hall–Kier alpha value is -3.45. The molecule has 7 nitrogen and oxygen atoms in total. The molecule has 0 atom stereocenters. The van der Waals surface area contributed by atoms with Gasteiger partial charge in [0.1, 0.15) is 5.75 Å². The van der Waals surface area contributed by atoms with Gasteiger partial charge in [0.25, 0.3) is 5.91 Å². The molecule has 0 aliphatic carbocycles. The van der Waals surface area contributed by atoms with Crippen LogP contribution < -0.4 is 15.0 Å². The van der Waals surface area contributed by atoms with Crippen molar-refractivity contribution in [2.75, 3.05) is 50.1 Å². The lowest BCUT2D eigenvalue weighted by Crippen LogP contribution is -2.44. The van der Waals surface area contributed by atoms with Crippen molar-refractivity contribution in [1.82, 2.24) is 15.1 Å². The number of amides is 1. The summed E-state index contributed by atoms with van der Waals surface area (Å²) in [4.78, 5) is 17.0. The molecule has 0 radical (unpaired) electrons. The standard InChI is InChI=1S/C27H33N5O2/c1-27(2,3)21-8-10-23(11-9-21)34-19-26(33)28-22-7-5-6-20(18-22)24-12-13-25(30-29-24)32-16-14-31(4)15-17-32/h5-13,18H,14-17,19H2,1-4H3,(H,28,33). The Morgan fingerprint density at radius 1 is 0.971 bits per heavy atom. The number of rotatable bonds is 6. The smallest absolute Gasteiger partial charge is 0.262 e. The van der Waals surface area contributed by atoms with E-state index in [2.05, 4.69) is 53.1 Å². The lowest BCUT2D eigenvalue weighted by atomic mass is 9.87. The Balaban J connectivity index is 1.33. The second-order valence-corrected chi connectivity index (χ2v) is 9.76. The summed E-state index contributed by atoms with van der Waals surface area (Å²) in [6.07, 6.45) is 0. The second-order valence-electron chi connectivity index (χ2n) is 9.76. The largest absolute Gasteiger partial charge is 0.484 e. The van der Waals surface area contributed by atoms with E-state index in [1.54, 1.807) is 0 Å². The number of benzene rings is 2. The molecule has 178 valence electrons. The summed E-state index contributed by atoms with van der Waals surface area (Å²) in [6, 6.07) is 19.5. The van der Waals surface area contributed by atoms with Crippen molar-refractivity contribution >= 4 is 17.4 Å². The average Bonchev–Trinajstić information content (AvgIpc) is 2.83. The van der Waals surface area contributed by atoms with E-state index in [1.807, 2.05) is 60.7 Å². The fourth-order valence-electron chi connectivity index (χ4n) is 3.84. The molecule has 1 fully saturated rings. The summed E-state index contributed by atoms with van der Waals surface area (Å²) >= 11 is 0. The molecule has 1 aliphatic heterocycles. The fourth-order valence-corrected chi connectivity index (χ4v) is 3.84. The summed E-state index contributed by atoms with van der Waals surface area (Å²) in [5, 5.41) is 11.7. The van der Waals surface area contributed by atoms with E-state index < -0.39 is 0 Å². The molecule has 1 aromatic heterocycles. The third-order valence-corrected chi connectivity index (χ3v) is 6.01. The fraction of sp³-hybridized carbons (Fsp3) is 0.370. The number of hydrogen-bond acceptors (Lipinski definition) is 6. The first kappa shape index (κ1) is 23.7. The quantitative estimate of drug-likeness (QED) is 0.596. The zero-order valence-electron chi connectivity index (χ0n) is 20.4. The van der Waals surface area contributed by atoms with Gasteiger partial charge in [-0.2, -0.15) is 0 Å². The second kappa shape index (κ2) is 10.2.